The SMILES string of the molecule is CCOc1ccc(C=NN(CCC(=O)NC(C)(C)C)C2=NS(=O)(=O)c3ccccc32)cc1. The summed E-state index contributed by atoms with van der Waals surface area (Å²) in [4.78, 5) is 12.5. The third-order valence-electron chi connectivity index (χ3n) is 4.46. The number of benzene rings is 2. The summed E-state index contributed by atoms with van der Waals surface area (Å²) in [5.41, 5.74) is 0.897. The molecule has 2 aromatic carbocycles. The summed E-state index contributed by atoms with van der Waals surface area (Å²) < 4.78 is 34.4. The lowest BCUT2D eigenvalue weighted by Gasteiger charge is -2.22. The number of hydrogen-bond acceptors (Lipinski definition) is 6. The number of fused-ring (bicyclic) bond motifs is 1. The van der Waals surface area contributed by atoms with Gasteiger partial charge in [-0.3, -0.25) is 4.79 Å². The molecule has 1 N–H and O–H groups in total. The Hall–Kier alpha value is -3.20. The molecule has 8 nitrogen and oxygen atoms in total. The summed E-state index contributed by atoms with van der Waals surface area (Å²) in [7, 11) is -3.81. The Kier molecular flexibility index (Phi) is 6.98. The Bertz CT molecular complexity index is 1130. The number of carbonyl (C=O) groups excluding carboxylic acids is 1. The van der Waals surface area contributed by atoms with Crippen molar-refractivity contribution in [2.75, 3.05) is 13.2 Å². The zero-order chi connectivity index (χ0) is 23.4. The molecule has 0 spiro atoms. The number of sulfonamides is 1. The fourth-order valence-electron chi connectivity index (χ4n) is 3.13. The largest absolute Gasteiger partial charge is 0.494 e. The average molecular weight is 457 g/mol. The lowest BCUT2D eigenvalue weighted by Crippen LogP contribution is -2.42. The number of amidine groups is 1. The van der Waals surface area contributed by atoms with Crippen LogP contribution in [0.25, 0.3) is 0 Å². The summed E-state index contributed by atoms with van der Waals surface area (Å²) in [6.07, 6.45) is 1.73. The van der Waals surface area contributed by atoms with Gasteiger partial charge in [0.15, 0.2) is 5.84 Å². The third-order valence-corrected chi connectivity index (χ3v) is 5.78. The standard InChI is InChI=1S/C23H28N4O4S/c1-5-31-18-12-10-17(11-13-18)16-24-27(15-14-21(28)25-23(2,3)4)22-19-8-6-7-9-20(19)32(29,30)26-22/h6-13,16H,5,14-15H2,1-4H3,(H,25,28). The maximum Gasteiger partial charge on any atom is 0.285 e. The molecule has 0 saturated heterocycles. The molecule has 1 heterocycles. The van der Waals surface area contributed by atoms with Crippen LogP contribution < -0.4 is 10.1 Å². The van der Waals surface area contributed by atoms with E-state index in [4.69, 9.17) is 4.74 Å². The first-order valence-electron chi connectivity index (χ1n) is 10.4. The van der Waals surface area contributed by atoms with Crippen molar-refractivity contribution in [3.63, 3.8) is 0 Å². The first-order valence-corrected chi connectivity index (χ1v) is 11.8. The average Bonchev–Trinajstić information content (AvgIpc) is 2.99. The summed E-state index contributed by atoms with van der Waals surface area (Å²) in [5.74, 6) is 0.792. The van der Waals surface area contributed by atoms with Gasteiger partial charge in [-0.1, -0.05) is 12.1 Å². The predicted molar refractivity (Wildman–Crippen MR) is 125 cm³/mol. The van der Waals surface area contributed by atoms with E-state index in [1.54, 1.807) is 24.4 Å². The van der Waals surface area contributed by atoms with Crippen LogP contribution in [0.4, 0.5) is 0 Å². The molecule has 3 rings (SSSR count). The minimum absolute atomic E-state index is 0.124. The number of ether oxygens (including phenoxy) is 1. The van der Waals surface area contributed by atoms with Gasteiger partial charge in [-0.05, 0) is 69.7 Å². The van der Waals surface area contributed by atoms with E-state index in [1.165, 1.54) is 11.1 Å². The van der Waals surface area contributed by atoms with Crippen LogP contribution in [0.3, 0.4) is 0 Å². The Morgan fingerprint density at radius 1 is 1.16 bits per heavy atom. The Morgan fingerprint density at radius 3 is 2.50 bits per heavy atom. The molecule has 0 aliphatic carbocycles. The number of rotatable bonds is 7. The molecule has 0 saturated carbocycles. The van der Waals surface area contributed by atoms with Gasteiger partial charge in [0.1, 0.15) is 10.6 Å². The lowest BCUT2D eigenvalue weighted by molar-refractivity contribution is -0.122. The number of hydrazone groups is 1. The molecule has 9 heteroatoms. The molecule has 1 aliphatic heterocycles. The van der Waals surface area contributed by atoms with Crippen molar-refractivity contribution < 1.29 is 17.9 Å². The van der Waals surface area contributed by atoms with Crippen LogP contribution in [0.1, 0.15) is 45.2 Å². The molecule has 0 bridgehead atoms. The van der Waals surface area contributed by atoms with Gasteiger partial charge in [0.05, 0.1) is 19.4 Å². The first kappa shape index (κ1) is 23.5. The van der Waals surface area contributed by atoms with Gasteiger partial charge in [0, 0.05) is 17.5 Å². The Labute approximate surface area is 189 Å². The maximum atomic E-state index is 12.5. The monoisotopic (exact) mass is 456 g/mol. The number of nitrogens with one attached hydrogen (secondary N) is 1. The fourth-order valence-corrected chi connectivity index (χ4v) is 4.34. The summed E-state index contributed by atoms with van der Waals surface area (Å²) >= 11 is 0. The number of nitrogens with zero attached hydrogens (tertiary/aromatic N) is 3. The van der Waals surface area contributed by atoms with Gasteiger partial charge in [-0.25, -0.2) is 5.01 Å². The molecule has 32 heavy (non-hydrogen) atoms. The van der Waals surface area contributed by atoms with Crippen LogP contribution in [0.2, 0.25) is 0 Å². The summed E-state index contributed by atoms with van der Waals surface area (Å²) in [6, 6.07) is 14.0. The fraction of sp³-hybridized carbons (Fsp3) is 0.348. The van der Waals surface area contributed by atoms with Gasteiger partial charge < -0.3 is 10.1 Å². The Morgan fingerprint density at radius 2 is 1.84 bits per heavy atom. The number of carbonyl (C=O) groups is 1. The van der Waals surface area contributed by atoms with Crippen molar-refractivity contribution >= 4 is 28.0 Å². The normalized spacial score (nSPS) is 14.7. The third kappa shape index (κ3) is 5.94. The van der Waals surface area contributed by atoms with Crippen molar-refractivity contribution in [3.05, 3.63) is 59.7 Å². The lowest BCUT2D eigenvalue weighted by atomic mass is 10.1. The van der Waals surface area contributed by atoms with Crippen LogP contribution in [-0.2, 0) is 14.8 Å². The second kappa shape index (κ2) is 9.52. The minimum atomic E-state index is -3.81. The second-order valence-electron chi connectivity index (χ2n) is 8.30. The van der Waals surface area contributed by atoms with E-state index >= 15 is 0 Å². The molecule has 0 unspecified atom stereocenters. The molecule has 0 atom stereocenters. The van der Waals surface area contributed by atoms with E-state index in [-0.39, 0.29) is 35.1 Å². The van der Waals surface area contributed by atoms with Gasteiger partial charge in [0.2, 0.25) is 5.91 Å². The highest BCUT2D eigenvalue weighted by Gasteiger charge is 2.32. The van der Waals surface area contributed by atoms with Crippen LogP contribution >= 0.6 is 0 Å². The molecule has 0 aromatic heterocycles. The van der Waals surface area contributed by atoms with E-state index in [0.717, 1.165) is 11.3 Å². The van der Waals surface area contributed by atoms with Crippen molar-refractivity contribution in [2.45, 2.75) is 44.6 Å². The number of amides is 1. The molecule has 0 fully saturated rings. The number of hydrogen-bond donors (Lipinski definition) is 1. The van der Waals surface area contributed by atoms with Crippen LogP contribution in [-0.4, -0.2) is 50.1 Å². The molecular formula is C23H28N4O4S. The van der Waals surface area contributed by atoms with Crippen molar-refractivity contribution in [1.29, 1.82) is 0 Å². The highest BCUT2D eigenvalue weighted by Crippen LogP contribution is 2.27. The van der Waals surface area contributed by atoms with Gasteiger partial charge in [0.25, 0.3) is 10.0 Å². The van der Waals surface area contributed by atoms with E-state index in [2.05, 4.69) is 14.8 Å². The smallest absolute Gasteiger partial charge is 0.285 e. The zero-order valence-corrected chi connectivity index (χ0v) is 19.5. The topological polar surface area (TPSA) is 100 Å². The predicted octanol–water partition coefficient (Wildman–Crippen LogP) is 3.18. The van der Waals surface area contributed by atoms with E-state index in [0.29, 0.717) is 12.2 Å². The van der Waals surface area contributed by atoms with E-state index in [9.17, 15) is 13.2 Å². The first-order chi connectivity index (χ1) is 15.1. The molecule has 170 valence electrons. The quantitative estimate of drug-likeness (QED) is 0.509. The summed E-state index contributed by atoms with van der Waals surface area (Å²) in [6.45, 7) is 8.35. The van der Waals surface area contributed by atoms with Gasteiger partial charge in [-0.15, -0.1) is 4.40 Å². The second-order valence-corrected chi connectivity index (χ2v) is 9.88. The van der Waals surface area contributed by atoms with E-state index < -0.39 is 10.0 Å². The van der Waals surface area contributed by atoms with Crippen LogP contribution in [0, 0.1) is 0 Å². The van der Waals surface area contributed by atoms with Crippen LogP contribution in [0.15, 0.2) is 62.9 Å². The van der Waals surface area contributed by atoms with Gasteiger partial charge >= 0.3 is 0 Å². The minimum Gasteiger partial charge on any atom is -0.494 e. The summed E-state index contributed by atoms with van der Waals surface area (Å²) in [5, 5.41) is 8.84. The van der Waals surface area contributed by atoms with Crippen molar-refractivity contribution in [3.8, 4) is 5.75 Å². The van der Waals surface area contributed by atoms with E-state index in [1.807, 2.05) is 52.0 Å². The highest BCUT2D eigenvalue weighted by molar-refractivity contribution is 7.90. The molecular weight excluding hydrogens is 428 g/mol. The molecule has 1 amide bonds. The zero-order valence-electron chi connectivity index (χ0n) is 18.7. The van der Waals surface area contributed by atoms with Crippen molar-refractivity contribution in [1.82, 2.24) is 10.3 Å². The molecule has 1 aliphatic rings. The van der Waals surface area contributed by atoms with Gasteiger partial charge in [-0.2, -0.15) is 13.5 Å². The van der Waals surface area contributed by atoms with Crippen LogP contribution in [0.5, 0.6) is 5.75 Å². The molecule has 2 aromatic rings. The molecule has 0 radical (unpaired) electrons. The Balaban J connectivity index is 1.87. The maximum absolute atomic E-state index is 12.5. The van der Waals surface area contributed by atoms with Crippen molar-refractivity contribution in [2.24, 2.45) is 9.50 Å². The highest BCUT2D eigenvalue weighted by atomic mass is 32.2.